The average molecular weight is 211 g/mol. The molecule has 0 aliphatic carbocycles. The largest absolute Gasteiger partial charge is 0.496 e. The zero-order valence-electron chi connectivity index (χ0n) is 7.80. The molecular weight excluding hydrogens is 200 g/mol. The van der Waals surface area contributed by atoms with E-state index in [-0.39, 0.29) is 0 Å². The molecule has 4 heteroatoms. The second-order valence-electron chi connectivity index (χ2n) is 3.00. The number of methoxy groups -OCH3 is 1. The Morgan fingerprint density at radius 3 is 2.93 bits per heavy atom. The van der Waals surface area contributed by atoms with Crippen LogP contribution in [0.4, 0.5) is 0 Å². The van der Waals surface area contributed by atoms with Gasteiger partial charge in [-0.3, -0.25) is 0 Å². The zero-order valence-corrected chi connectivity index (χ0v) is 8.56. The highest BCUT2D eigenvalue weighted by Crippen LogP contribution is 2.34. The Hall–Kier alpha value is -1.19. The van der Waals surface area contributed by atoms with Gasteiger partial charge in [0.25, 0.3) is 0 Å². The molecule has 2 aromatic rings. The van der Waals surface area contributed by atoms with Crippen molar-refractivity contribution in [2.45, 2.75) is 6.54 Å². The molecule has 3 nitrogen and oxygen atoms in total. The van der Waals surface area contributed by atoms with Crippen LogP contribution in [0.15, 0.2) is 18.2 Å². The highest BCUT2D eigenvalue weighted by atomic mass is 35.5. The number of benzene rings is 1. The molecule has 0 bridgehead atoms. The lowest BCUT2D eigenvalue weighted by Crippen LogP contribution is -1.96. The Labute approximate surface area is 86.8 Å². The molecule has 1 aromatic heterocycles. The van der Waals surface area contributed by atoms with Gasteiger partial charge in [-0.2, -0.15) is 0 Å². The van der Waals surface area contributed by atoms with Crippen LogP contribution in [0.3, 0.4) is 0 Å². The lowest BCUT2D eigenvalue weighted by Gasteiger charge is -2.00. The predicted molar refractivity (Wildman–Crippen MR) is 57.8 cm³/mol. The third-order valence-corrected chi connectivity index (χ3v) is 2.64. The summed E-state index contributed by atoms with van der Waals surface area (Å²) in [6, 6.07) is 5.74. The standard InChI is InChI=1S/C10H11ClN2O/c1-14-8-4-2-3-6-9(8)10(11)7(5-12)13-6/h2-4,13H,5,12H2,1H3. The number of hydrogen-bond donors (Lipinski definition) is 2. The van der Waals surface area contributed by atoms with Crippen molar-refractivity contribution in [2.24, 2.45) is 5.73 Å². The van der Waals surface area contributed by atoms with E-state index in [4.69, 9.17) is 22.1 Å². The number of hydrogen-bond acceptors (Lipinski definition) is 2. The fourth-order valence-electron chi connectivity index (χ4n) is 1.54. The minimum Gasteiger partial charge on any atom is -0.496 e. The Morgan fingerprint density at radius 1 is 1.50 bits per heavy atom. The van der Waals surface area contributed by atoms with Crippen molar-refractivity contribution in [3.05, 3.63) is 28.9 Å². The van der Waals surface area contributed by atoms with E-state index in [0.29, 0.717) is 11.6 Å². The summed E-state index contributed by atoms with van der Waals surface area (Å²) in [4.78, 5) is 3.15. The van der Waals surface area contributed by atoms with Crippen molar-refractivity contribution in [1.82, 2.24) is 4.98 Å². The highest BCUT2D eigenvalue weighted by Gasteiger charge is 2.11. The third kappa shape index (κ3) is 1.25. The summed E-state index contributed by atoms with van der Waals surface area (Å²) >= 11 is 6.15. The number of ether oxygens (including phenoxy) is 1. The van der Waals surface area contributed by atoms with Crippen LogP contribution in [0.5, 0.6) is 5.75 Å². The zero-order chi connectivity index (χ0) is 10.1. The molecule has 0 unspecified atom stereocenters. The number of aromatic amines is 1. The van der Waals surface area contributed by atoms with E-state index in [9.17, 15) is 0 Å². The van der Waals surface area contributed by atoms with Gasteiger partial charge in [0.15, 0.2) is 0 Å². The van der Waals surface area contributed by atoms with Crippen LogP contribution in [0.2, 0.25) is 5.02 Å². The monoisotopic (exact) mass is 210 g/mol. The number of nitrogens with two attached hydrogens (primary N) is 1. The molecule has 0 saturated carbocycles. The maximum Gasteiger partial charge on any atom is 0.129 e. The first-order chi connectivity index (χ1) is 6.77. The summed E-state index contributed by atoms with van der Waals surface area (Å²) in [7, 11) is 1.63. The minimum atomic E-state index is 0.399. The lowest BCUT2D eigenvalue weighted by molar-refractivity contribution is 0.420. The van der Waals surface area contributed by atoms with Gasteiger partial charge >= 0.3 is 0 Å². The summed E-state index contributed by atoms with van der Waals surface area (Å²) in [6.45, 7) is 0.399. The summed E-state index contributed by atoms with van der Waals surface area (Å²) < 4.78 is 5.22. The van der Waals surface area contributed by atoms with Crippen molar-refractivity contribution in [3.8, 4) is 5.75 Å². The van der Waals surface area contributed by atoms with Crippen LogP contribution in [0.25, 0.3) is 10.9 Å². The maximum atomic E-state index is 6.15. The molecule has 1 heterocycles. The van der Waals surface area contributed by atoms with Crippen molar-refractivity contribution in [3.63, 3.8) is 0 Å². The molecule has 0 amide bonds. The Bertz CT molecular complexity index is 464. The van der Waals surface area contributed by atoms with Gasteiger partial charge in [0.2, 0.25) is 0 Å². The van der Waals surface area contributed by atoms with Crippen molar-refractivity contribution >= 4 is 22.5 Å². The van der Waals surface area contributed by atoms with E-state index in [2.05, 4.69) is 4.98 Å². The van der Waals surface area contributed by atoms with E-state index in [0.717, 1.165) is 22.3 Å². The number of aromatic nitrogens is 1. The molecule has 0 saturated heterocycles. The SMILES string of the molecule is COc1cccc2[nH]c(CN)c(Cl)c12. The number of halogens is 1. The van der Waals surface area contributed by atoms with Gasteiger partial charge in [0.05, 0.1) is 23.0 Å². The summed E-state index contributed by atoms with van der Waals surface area (Å²) in [5, 5.41) is 1.55. The minimum absolute atomic E-state index is 0.399. The molecule has 14 heavy (non-hydrogen) atoms. The fraction of sp³-hybridized carbons (Fsp3) is 0.200. The molecule has 0 atom stereocenters. The van der Waals surface area contributed by atoms with Gasteiger partial charge in [-0.15, -0.1) is 0 Å². The van der Waals surface area contributed by atoms with Crippen LogP contribution in [-0.4, -0.2) is 12.1 Å². The molecule has 0 aliphatic heterocycles. The van der Waals surface area contributed by atoms with E-state index in [1.807, 2.05) is 18.2 Å². The molecule has 74 valence electrons. The number of nitrogens with one attached hydrogen (secondary N) is 1. The number of rotatable bonds is 2. The van der Waals surface area contributed by atoms with E-state index < -0.39 is 0 Å². The van der Waals surface area contributed by atoms with Crippen molar-refractivity contribution < 1.29 is 4.74 Å². The summed E-state index contributed by atoms with van der Waals surface area (Å²) in [5.74, 6) is 0.767. The van der Waals surface area contributed by atoms with Crippen molar-refractivity contribution in [2.75, 3.05) is 7.11 Å². The second-order valence-corrected chi connectivity index (χ2v) is 3.38. The van der Waals surface area contributed by atoms with Gasteiger partial charge in [-0.25, -0.2) is 0 Å². The molecule has 3 N–H and O–H groups in total. The molecule has 2 rings (SSSR count). The first-order valence-corrected chi connectivity index (χ1v) is 4.69. The smallest absolute Gasteiger partial charge is 0.129 e. The summed E-state index contributed by atoms with van der Waals surface area (Å²) in [5.41, 5.74) is 7.34. The Morgan fingerprint density at radius 2 is 2.29 bits per heavy atom. The van der Waals surface area contributed by atoms with E-state index >= 15 is 0 Å². The topological polar surface area (TPSA) is 51.0 Å². The molecule has 1 aromatic carbocycles. The average Bonchev–Trinajstić information content (AvgIpc) is 2.55. The molecule has 0 spiro atoms. The predicted octanol–water partition coefficient (Wildman–Crippen LogP) is 2.29. The van der Waals surface area contributed by atoms with Crippen LogP contribution in [0, 0.1) is 0 Å². The Kier molecular flexibility index (Phi) is 2.35. The number of fused-ring (bicyclic) bond motifs is 1. The maximum absolute atomic E-state index is 6.15. The number of H-pyrrole nitrogens is 1. The van der Waals surface area contributed by atoms with Crippen LogP contribution < -0.4 is 10.5 Å². The molecule has 0 fully saturated rings. The summed E-state index contributed by atoms with van der Waals surface area (Å²) in [6.07, 6.45) is 0. The quantitative estimate of drug-likeness (QED) is 0.799. The van der Waals surface area contributed by atoms with Gasteiger partial charge in [-0.1, -0.05) is 17.7 Å². The molecule has 0 radical (unpaired) electrons. The Balaban J connectivity index is 2.79. The van der Waals surface area contributed by atoms with Crippen LogP contribution in [0.1, 0.15) is 5.69 Å². The van der Waals surface area contributed by atoms with Gasteiger partial charge < -0.3 is 15.5 Å². The lowest BCUT2D eigenvalue weighted by atomic mass is 10.2. The van der Waals surface area contributed by atoms with Gasteiger partial charge in [0.1, 0.15) is 5.75 Å². The third-order valence-electron chi connectivity index (χ3n) is 2.22. The van der Waals surface area contributed by atoms with Gasteiger partial charge in [0, 0.05) is 12.2 Å². The first-order valence-electron chi connectivity index (χ1n) is 4.31. The van der Waals surface area contributed by atoms with Crippen LogP contribution >= 0.6 is 11.6 Å². The van der Waals surface area contributed by atoms with Crippen molar-refractivity contribution in [1.29, 1.82) is 0 Å². The fourth-order valence-corrected chi connectivity index (χ4v) is 1.86. The molecular formula is C10H11ClN2O. The highest BCUT2D eigenvalue weighted by molar-refractivity contribution is 6.37. The first kappa shape index (κ1) is 9.37. The molecule has 0 aliphatic rings. The second kappa shape index (κ2) is 3.52. The van der Waals surface area contributed by atoms with Crippen LogP contribution in [-0.2, 0) is 6.54 Å². The normalized spacial score (nSPS) is 10.8. The van der Waals surface area contributed by atoms with E-state index in [1.54, 1.807) is 7.11 Å². The van der Waals surface area contributed by atoms with Gasteiger partial charge in [-0.05, 0) is 12.1 Å². The van der Waals surface area contributed by atoms with E-state index in [1.165, 1.54) is 0 Å².